The van der Waals surface area contributed by atoms with E-state index in [1.54, 1.807) is 7.11 Å². The fraction of sp³-hybridized carbons (Fsp3) is 0.900. The first-order valence-electron chi connectivity index (χ1n) is 5.38. The molecule has 6 nitrogen and oxygen atoms in total. The van der Waals surface area contributed by atoms with E-state index < -0.39 is 6.10 Å². The fourth-order valence-corrected chi connectivity index (χ4v) is 1.62. The highest BCUT2D eigenvalue weighted by molar-refractivity contribution is 5.80. The van der Waals surface area contributed by atoms with Crippen LogP contribution in [-0.4, -0.2) is 60.5 Å². The van der Waals surface area contributed by atoms with Crippen molar-refractivity contribution in [1.29, 1.82) is 0 Å². The van der Waals surface area contributed by atoms with Crippen LogP contribution in [0.1, 0.15) is 19.8 Å². The highest BCUT2D eigenvalue weighted by Crippen LogP contribution is 2.07. The van der Waals surface area contributed by atoms with E-state index in [1.807, 2.05) is 18.9 Å². The molecule has 0 saturated heterocycles. The average Bonchev–Trinajstić information content (AvgIpc) is 2.25. The van der Waals surface area contributed by atoms with E-state index in [1.165, 1.54) is 0 Å². The first-order chi connectivity index (χ1) is 7.54. The van der Waals surface area contributed by atoms with E-state index in [4.69, 9.17) is 15.7 Å². The Kier molecular flexibility index (Phi) is 7.88. The van der Waals surface area contributed by atoms with Crippen molar-refractivity contribution in [3.8, 4) is 0 Å². The molecule has 0 radical (unpaired) electrons. The minimum absolute atomic E-state index is 0.155. The summed E-state index contributed by atoms with van der Waals surface area (Å²) in [5.41, 5.74) is 5.46. The zero-order valence-electron chi connectivity index (χ0n) is 10.3. The Bertz CT molecular complexity index is 211. The van der Waals surface area contributed by atoms with Gasteiger partial charge in [0, 0.05) is 26.1 Å². The van der Waals surface area contributed by atoms with Crippen LogP contribution in [0, 0.1) is 0 Å². The number of amidine groups is 1. The van der Waals surface area contributed by atoms with Gasteiger partial charge in [-0.05, 0) is 13.5 Å². The maximum absolute atomic E-state index is 9.58. The maximum Gasteiger partial charge on any atom is 0.140 e. The van der Waals surface area contributed by atoms with E-state index >= 15 is 0 Å². The summed E-state index contributed by atoms with van der Waals surface area (Å²) in [5.74, 6) is 0.208. The van der Waals surface area contributed by atoms with Gasteiger partial charge in [0.05, 0.1) is 12.7 Å². The van der Waals surface area contributed by atoms with Crippen LogP contribution < -0.4 is 5.73 Å². The molecule has 4 N–H and O–H groups in total. The minimum atomic E-state index is -0.517. The van der Waals surface area contributed by atoms with E-state index in [2.05, 4.69) is 5.16 Å². The average molecular weight is 233 g/mol. The molecular formula is C10H23N3O3. The van der Waals surface area contributed by atoms with Crippen LogP contribution in [0.4, 0.5) is 0 Å². The molecule has 16 heavy (non-hydrogen) atoms. The smallest absolute Gasteiger partial charge is 0.140 e. The summed E-state index contributed by atoms with van der Waals surface area (Å²) in [6.45, 7) is 2.84. The maximum atomic E-state index is 9.58. The molecule has 0 heterocycles. The number of nitrogens with zero attached hydrogens (tertiary/aromatic N) is 2. The van der Waals surface area contributed by atoms with Gasteiger partial charge in [0.1, 0.15) is 5.84 Å². The number of hydrogen-bond acceptors (Lipinski definition) is 5. The van der Waals surface area contributed by atoms with Crippen LogP contribution in [0.3, 0.4) is 0 Å². The Hall–Kier alpha value is -0.850. The molecule has 0 spiro atoms. The lowest BCUT2D eigenvalue weighted by molar-refractivity contribution is 0.0343. The topological polar surface area (TPSA) is 91.3 Å². The van der Waals surface area contributed by atoms with Crippen molar-refractivity contribution in [1.82, 2.24) is 4.90 Å². The van der Waals surface area contributed by atoms with E-state index in [9.17, 15) is 5.11 Å². The normalized spacial score (nSPS) is 16.4. The van der Waals surface area contributed by atoms with E-state index in [-0.39, 0.29) is 11.9 Å². The Morgan fingerprint density at radius 2 is 2.19 bits per heavy atom. The van der Waals surface area contributed by atoms with Crippen molar-refractivity contribution < 1.29 is 15.1 Å². The number of aliphatic hydroxyl groups excluding tert-OH is 1. The molecule has 2 unspecified atom stereocenters. The van der Waals surface area contributed by atoms with Crippen LogP contribution in [0.15, 0.2) is 5.16 Å². The summed E-state index contributed by atoms with van der Waals surface area (Å²) in [7, 11) is 3.45. The molecule has 0 aliphatic carbocycles. The molecule has 0 bridgehead atoms. The molecule has 0 amide bonds. The molecule has 0 rings (SSSR count). The number of hydrogen-bond donors (Lipinski definition) is 3. The predicted molar refractivity (Wildman–Crippen MR) is 62.6 cm³/mol. The number of nitrogens with two attached hydrogens (primary N) is 1. The van der Waals surface area contributed by atoms with Crippen LogP contribution in [0.5, 0.6) is 0 Å². The molecule has 0 fully saturated rings. The number of aliphatic hydroxyl groups is 1. The third kappa shape index (κ3) is 5.89. The molecule has 0 aliphatic heterocycles. The lowest BCUT2D eigenvalue weighted by Crippen LogP contribution is -2.40. The summed E-state index contributed by atoms with van der Waals surface area (Å²) in [5, 5.41) is 21.0. The number of likely N-dealkylation sites (N-methyl/N-ethyl adjacent to an activating group) is 1. The fourth-order valence-electron chi connectivity index (χ4n) is 1.62. The molecule has 6 heteroatoms. The van der Waals surface area contributed by atoms with Gasteiger partial charge < -0.3 is 25.7 Å². The highest BCUT2D eigenvalue weighted by Gasteiger charge is 2.17. The molecule has 0 aromatic heterocycles. The van der Waals surface area contributed by atoms with Gasteiger partial charge in [-0.25, -0.2) is 0 Å². The van der Waals surface area contributed by atoms with Crippen molar-refractivity contribution in [2.45, 2.75) is 31.9 Å². The second kappa shape index (κ2) is 8.32. The molecular weight excluding hydrogens is 210 g/mol. The van der Waals surface area contributed by atoms with Crippen LogP contribution in [0.2, 0.25) is 0 Å². The number of oxime groups is 1. The summed E-state index contributed by atoms with van der Waals surface area (Å²) in [6.07, 6.45) is 0.839. The van der Waals surface area contributed by atoms with Gasteiger partial charge >= 0.3 is 0 Å². The molecule has 0 aromatic rings. The quantitative estimate of drug-likeness (QED) is 0.234. The van der Waals surface area contributed by atoms with Gasteiger partial charge in [0.2, 0.25) is 0 Å². The van der Waals surface area contributed by atoms with Crippen molar-refractivity contribution in [3.63, 3.8) is 0 Å². The third-order valence-corrected chi connectivity index (χ3v) is 2.53. The standard InChI is InChI=1S/C10H23N3O3/c1-4-8(5-10(11)12-15)13(2)6-9(14)7-16-3/h8-9,14-15H,4-7H2,1-3H3,(H2,11,12). The van der Waals surface area contributed by atoms with Gasteiger partial charge in [-0.15, -0.1) is 0 Å². The monoisotopic (exact) mass is 233 g/mol. The van der Waals surface area contributed by atoms with Crippen LogP contribution in [0.25, 0.3) is 0 Å². The molecule has 0 saturated carbocycles. The summed E-state index contributed by atoms with van der Waals surface area (Å²) in [6, 6.07) is 0.155. The number of rotatable bonds is 8. The zero-order chi connectivity index (χ0) is 12.6. The van der Waals surface area contributed by atoms with Crippen molar-refractivity contribution in [3.05, 3.63) is 0 Å². The Labute approximate surface area is 96.7 Å². The first kappa shape index (κ1) is 15.2. The Balaban J connectivity index is 4.14. The lowest BCUT2D eigenvalue weighted by atomic mass is 10.1. The largest absolute Gasteiger partial charge is 0.409 e. The highest BCUT2D eigenvalue weighted by atomic mass is 16.5. The van der Waals surface area contributed by atoms with Crippen LogP contribution >= 0.6 is 0 Å². The van der Waals surface area contributed by atoms with Gasteiger partial charge in [0.15, 0.2) is 0 Å². The molecule has 0 aliphatic rings. The van der Waals surface area contributed by atoms with Crippen molar-refractivity contribution >= 4 is 5.84 Å². The predicted octanol–water partition coefficient (Wildman–Crippen LogP) is -0.159. The van der Waals surface area contributed by atoms with E-state index in [0.717, 1.165) is 6.42 Å². The van der Waals surface area contributed by atoms with Crippen molar-refractivity contribution in [2.24, 2.45) is 10.9 Å². The molecule has 96 valence electrons. The second-order valence-corrected chi connectivity index (χ2v) is 3.91. The van der Waals surface area contributed by atoms with Crippen molar-refractivity contribution in [2.75, 3.05) is 27.3 Å². The van der Waals surface area contributed by atoms with Gasteiger partial charge in [-0.1, -0.05) is 12.1 Å². The Morgan fingerprint density at radius 1 is 1.56 bits per heavy atom. The summed E-state index contributed by atoms with van der Waals surface area (Å²) >= 11 is 0. The van der Waals surface area contributed by atoms with E-state index in [0.29, 0.717) is 19.6 Å². The molecule has 0 aromatic carbocycles. The van der Waals surface area contributed by atoms with Gasteiger partial charge in [0.25, 0.3) is 0 Å². The Morgan fingerprint density at radius 3 is 2.62 bits per heavy atom. The van der Waals surface area contributed by atoms with Crippen LogP contribution in [-0.2, 0) is 4.74 Å². The number of ether oxygens (including phenoxy) is 1. The number of methoxy groups -OCH3 is 1. The van der Waals surface area contributed by atoms with Gasteiger partial charge in [-0.3, -0.25) is 0 Å². The molecule has 2 atom stereocenters. The zero-order valence-corrected chi connectivity index (χ0v) is 10.3. The SMILES string of the molecule is CCC(CC(N)=NO)N(C)CC(O)COC. The van der Waals surface area contributed by atoms with Gasteiger partial charge in [-0.2, -0.15) is 0 Å². The summed E-state index contributed by atoms with van der Waals surface area (Å²) in [4.78, 5) is 1.99. The summed E-state index contributed by atoms with van der Waals surface area (Å²) < 4.78 is 4.86. The second-order valence-electron chi connectivity index (χ2n) is 3.91. The third-order valence-electron chi connectivity index (χ3n) is 2.53. The lowest BCUT2D eigenvalue weighted by Gasteiger charge is -2.28. The minimum Gasteiger partial charge on any atom is -0.409 e. The first-order valence-corrected chi connectivity index (χ1v) is 5.38.